The third-order valence-electron chi connectivity index (χ3n) is 1.05. The maximum Gasteiger partial charge on any atom is 0.305 e. The molecule has 0 heterocycles. The first kappa shape index (κ1) is 10.3. The highest BCUT2D eigenvalue weighted by Gasteiger charge is 2.11. The Morgan fingerprint density at radius 1 is 1.64 bits per heavy atom. The van der Waals surface area contributed by atoms with E-state index in [-0.39, 0.29) is 18.4 Å². The van der Waals surface area contributed by atoms with E-state index in [1.54, 1.807) is 0 Å². The highest BCUT2D eigenvalue weighted by atomic mass is 32.1. The van der Waals surface area contributed by atoms with Crippen molar-refractivity contribution in [2.75, 3.05) is 5.75 Å². The van der Waals surface area contributed by atoms with Gasteiger partial charge in [0.05, 0.1) is 6.42 Å². The molecule has 1 unspecified atom stereocenters. The largest absolute Gasteiger partial charge is 0.481 e. The molecule has 0 spiro atoms. The quantitative estimate of drug-likeness (QED) is 0.525. The van der Waals surface area contributed by atoms with Gasteiger partial charge in [-0.3, -0.25) is 9.59 Å². The molecule has 0 saturated heterocycles. The molecule has 11 heavy (non-hydrogen) atoms. The Kier molecular flexibility index (Phi) is 4.69. The molecule has 0 fully saturated rings. The van der Waals surface area contributed by atoms with Crippen LogP contribution < -0.4 is 5.32 Å². The Balaban J connectivity index is 3.76. The summed E-state index contributed by atoms with van der Waals surface area (Å²) in [4.78, 5) is 20.6. The van der Waals surface area contributed by atoms with Crippen LogP contribution in [-0.2, 0) is 9.59 Å². The van der Waals surface area contributed by atoms with E-state index in [2.05, 4.69) is 17.9 Å². The van der Waals surface area contributed by atoms with E-state index >= 15 is 0 Å². The molecule has 0 aliphatic carbocycles. The van der Waals surface area contributed by atoms with Gasteiger partial charge in [-0.25, -0.2) is 0 Å². The predicted molar refractivity (Wildman–Crippen MR) is 43.7 cm³/mol. The molecule has 0 aliphatic heterocycles. The van der Waals surface area contributed by atoms with Crippen molar-refractivity contribution in [3.05, 3.63) is 0 Å². The molecular weight excluding hydrogens is 166 g/mol. The molecule has 0 rings (SSSR count). The van der Waals surface area contributed by atoms with Crippen molar-refractivity contribution in [3.63, 3.8) is 0 Å². The molecule has 64 valence electrons. The van der Waals surface area contributed by atoms with Crippen molar-refractivity contribution in [2.45, 2.75) is 19.4 Å². The topological polar surface area (TPSA) is 66.4 Å². The Morgan fingerprint density at radius 2 is 2.18 bits per heavy atom. The fourth-order valence-corrected chi connectivity index (χ4v) is 0.880. The van der Waals surface area contributed by atoms with E-state index in [0.717, 1.165) is 0 Å². The number of carbonyl (C=O) groups excluding carboxylic acids is 1. The summed E-state index contributed by atoms with van der Waals surface area (Å²) in [6.07, 6.45) is -0.0803. The van der Waals surface area contributed by atoms with Crippen LogP contribution >= 0.6 is 12.6 Å². The number of aliphatic carboxylic acids is 1. The van der Waals surface area contributed by atoms with E-state index in [9.17, 15) is 9.59 Å². The first-order valence-electron chi connectivity index (χ1n) is 3.16. The van der Waals surface area contributed by atoms with Gasteiger partial charge in [-0.2, -0.15) is 12.6 Å². The molecule has 1 atom stereocenters. The third kappa shape index (κ3) is 5.72. The number of carboxylic acid groups (broad SMARTS) is 1. The lowest BCUT2D eigenvalue weighted by Gasteiger charge is -2.11. The summed E-state index contributed by atoms with van der Waals surface area (Å²) in [7, 11) is 0. The number of hydrogen-bond acceptors (Lipinski definition) is 3. The number of carboxylic acids is 1. The molecular formula is C6H11NO3S. The molecule has 4 nitrogen and oxygen atoms in total. The summed E-state index contributed by atoms with van der Waals surface area (Å²) in [5.74, 6) is -0.825. The third-order valence-corrected chi connectivity index (χ3v) is 1.49. The van der Waals surface area contributed by atoms with Crippen LogP contribution in [0, 0.1) is 0 Å². The van der Waals surface area contributed by atoms with Crippen LogP contribution in [0.2, 0.25) is 0 Å². The van der Waals surface area contributed by atoms with E-state index < -0.39 is 5.97 Å². The molecule has 0 aromatic heterocycles. The van der Waals surface area contributed by atoms with Crippen molar-refractivity contribution in [1.82, 2.24) is 5.32 Å². The maximum atomic E-state index is 10.5. The van der Waals surface area contributed by atoms with Crippen LogP contribution in [0.4, 0.5) is 0 Å². The number of carbonyl (C=O) groups is 2. The summed E-state index contributed by atoms with van der Waals surface area (Å²) in [5.41, 5.74) is 0. The molecule has 1 amide bonds. The fourth-order valence-electron chi connectivity index (χ4n) is 0.659. The van der Waals surface area contributed by atoms with Crippen LogP contribution in [0.5, 0.6) is 0 Å². The van der Waals surface area contributed by atoms with Gasteiger partial charge in [0.25, 0.3) is 0 Å². The minimum absolute atomic E-state index is 0.0803. The molecule has 0 aromatic carbocycles. The number of nitrogens with one attached hydrogen (secondary N) is 1. The van der Waals surface area contributed by atoms with Gasteiger partial charge in [0, 0.05) is 18.7 Å². The highest BCUT2D eigenvalue weighted by Crippen LogP contribution is 1.94. The minimum atomic E-state index is -0.933. The summed E-state index contributed by atoms with van der Waals surface area (Å²) in [6, 6.07) is -0.367. The lowest BCUT2D eigenvalue weighted by Crippen LogP contribution is -2.36. The maximum absolute atomic E-state index is 10.5. The second-order valence-electron chi connectivity index (χ2n) is 2.18. The monoisotopic (exact) mass is 177 g/mol. The zero-order chi connectivity index (χ0) is 8.85. The number of amides is 1. The van der Waals surface area contributed by atoms with E-state index in [1.807, 2.05) is 0 Å². The van der Waals surface area contributed by atoms with Gasteiger partial charge in [0.2, 0.25) is 5.91 Å². The van der Waals surface area contributed by atoms with Crippen LogP contribution in [0.3, 0.4) is 0 Å². The second kappa shape index (κ2) is 5.01. The first-order valence-corrected chi connectivity index (χ1v) is 3.79. The van der Waals surface area contributed by atoms with Crippen molar-refractivity contribution >= 4 is 24.5 Å². The Hall–Kier alpha value is -0.710. The standard InChI is InChI=1S/C6H11NO3S/c1-4(8)7-5(3-11)2-6(9)10/h5,11H,2-3H2,1H3,(H,7,8)(H,9,10). The van der Waals surface area contributed by atoms with Crippen molar-refractivity contribution in [2.24, 2.45) is 0 Å². The molecule has 5 heteroatoms. The molecule has 2 N–H and O–H groups in total. The summed E-state index contributed by atoms with van der Waals surface area (Å²) in [6.45, 7) is 1.35. The minimum Gasteiger partial charge on any atom is -0.481 e. The van der Waals surface area contributed by atoms with Gasteiger partial charge in [0.15, 0.2) is 0 Å². The van der Waals surface area contributed by atoms with E-state index in [0.29, 0.717) is 5.75 Å². The molecule has 0 radical (unpaired) electrons. The average molecular weight is 177 g/mol. The fraction of sp³-hybridized carbons (Fsp3) is 0.667. The molecule has 0 aromatic rings. The number of thiol groups is 1. The van der Waals surface area contributed by atoms with Gasteiger partial charge in [-0.05, 0) is 0 Å². The summed E-state index contributed by atoms with van der Waals surface area (Å²) in [5, 5.41) is 10.8. The van der Waals surface area contributed by atoms with Gasteiger partial charge in [-0.1, -0.05) is 0 Å². The van der Waals surface area contributed by atoms with E-state index in [4.69, 9.17) is 5.11 Å². The average Bonchev–Trinajstić information content (AvgIpc) is 1.84. The van der Waals surface area contributed by atoms with Crippen LogP contribution in [0.25, 0.3) is 0 Å². The summed E-state index contributed by atoms with van der Waals surface area (Å²) < 4.78 is 0. The van der Waals surface area contributed by atoms with Crippen molar-refractivity contribution in [1.29, 1.82) is 0 Å². The Labute approximate surface area is 70.4 Å². The van der Waals surface area contributed by atoms with Crippen molar-refractivity contribution < 1.29 is 14.7 Å². The van der Waals surface area contributed by atoms with Gasteiger partial charge < -0.3 is 10.4 Å². The summed E-state index contributed by atoms with van der Waals surface area (Å²) >= 11 is 3.89. The van der Waals surface area contributed by atoms with Crippen LogP contribution in [0.15, 0.2) is 0 Å². The lowest BCUT2D eigenvalue weighted by molar-refractivity contribution is -0.137. The SMILES string of the molecule is CC(=O)NC(CS)CC(=O)O. The Morgan fingerprint density at radius 3 is 2.45 bits per heavy atom. The van der Waals surface area contributed by atoms with E-state index in [1.165, 1.54) is 6.92 Å². The van der Waals surface area contributed by atoms with Gasteiger partial charge >= 0.3 is 5.97 Å². The normalized spacial score (nSPS) is 12.2. The van der Waals surface area contributed by atoms with Crippen LogP contribution in [-0.4, -0.2) is 28.8 Å². The molecule has 0 saturated carbocycles. The predicted octanol–water partition coefficient (Wildman–Crippen LogP) is -0.104. The van der Waals surface area contributed by atoms with Crippen molar-refractivity contribution in [3.8, 4) is 0 Å². The second-order valence-corrected chi connectivity index (χ2v) is 2.54. The Bertz CT molecular complexity index is 144. The van der Waals surface area contributed by atoms with Crippen LogP contribution in [0.1, 0.15) is 13.3 Å². The zero-order valence-corrected chi connectivity index (χ0v) is 7.10. The first-order chi connectivity index (χ1) is 5.06. The smallest absolute Gasteiger partial charge is 0.305 e. The molecule has 0 bridgehead atoms. The zero-order valence-electron chi connectivity index (χ0n) is 6.20. The highest BCUT2D eigenvalue weighted by molar-refractivity contribution is 7.80. The number of hydrogen-bond donors (Lipinski definition) is 3. The number of rotatable bonds is 4. The molecule has 0 aliphatic rings. The van der Waals surface area contributed by atoms with Gasteiger partial charge in [0.1, 0.15) is 0 Å². The van der Waals surface area contributed by atoms with Gasteiger partial charge in [-0.15, -0.1) is 0 Å². The lowest BCUT2D eigenvalue weighted by atomic mass is 10.2.